The fourth-order valence-corrected chi connectivity index (χ4v) is 3.04. The Morgan fingerprint density at radius 2 is 2.04 bits per heavy atom. The van der Waals surface area contributed by atoms with Gasteiger partial charge in [0.2, 0.25) is 5.89 Å². The number of anilines is 1. The van der Waals surface area contributed by atoms with Crippen LogP contribution in [0.15, 0.2) is 69.8 Å². The molecule has 0 unspecified atom stereocenters. The molecule has 0 bridgehead atoms. The number of nitro benzene ring substituents is 1. The number of hydrogen-bond donors (Lipinski definition) is 1. The molecule has 2 heterocycles. The summed E-state index contributed by atoms with van der Waals surface area (Å²) >= 11 is 3.25. The zero-order valence-electron chi connectivity index (χ0n) is 14.1. The van der Waals surface area contributed by atoms with Gasteiger partial charge in [0.25, 0.3) is 11.6 Å². The quantitative estimate of drug-likeness (QED) is 0.361. The van der Waals surface area contributed by atoms with Crippen LogP contribution in [0.5, 0.6) is 0 Å². The van der Waals surface area contributed by atoms with E-state index in [9.17, 15) is 14.9 Å². The van der Waals surface area contributed by atoms with Gasteiger partial charge < -0.3 is 9.73 Å². The van der Waals surface area contributed by atoms with E-state index in [1.54, 1.807) is 36.7 Å². The number of pyridine rings is 1. The number of nitro groups is 1. The number of rotatable bonds is 4. The molecule has 0 radical (unpaired) electrons. The van der Waals surface area contributed by atoms with Crippen LogP contribution in [-0.4, -0.2) is 20.8 Å². The number of fused-ring (bicyclic) bond motifs is 1. The van der Waals surface area contributed by atoms with E-state index in [-0.39, 0.29) is 11.3 Å². The maximum atomic E-state index is 12.6. The van der Waals surface area contributed by atoms with Crippen molar-refractivity contribution in [2.45, 2.75) is 0 Å². The fourth-order valence-electron chi connectivity index (χ4n) is 2.62. The minimum Gasteiger partial charge on any atom is -0.436 e. The summed E-state index contributed by atoms with van der Waals surface area (Å²) in [7, 11) is 0. The monoisotopic (exact) mass is 438 g/mol. The third-order valence-electron chi connectivity index (χ3n) is 3.96. The number of amides is 1. The van der Waals surface area contributed by atoms with Crippen LogP contribution < -0.4 is 5.32 Å². The van der Waals surface area contributed by atoms with Gasteiger partial charge in [-0.25, -0.2) is 4.98 Å². The lowest BCUT2D eigenvalue weighted by atomic mass is 10.2. The summed E-state index contributed by atoms with van der Waals surface area (Å²) in [6.07, 6.45) is 3.30. The molecule has 0 saturated carbocycles. The Morgan fingerprint density at radius 3 is 2.79 bits per heavy atom. The fraction of sp³-hybridized carbons (Fsp3) is 0. The predicted molar refractivity (Wildman–Crippen MR) is 106 cm³/mol. The second-order valence-corrected chi connectivity index (χ2v) is 6.67. The van der Waals surface area contributed by atoms with Crippen molar-refractivity contribution in [2.24, 2.45) is 0 Å². The molecule has 138 valence electrons. The zero-order chi connectivity index (χ0) is 19.7. The highest BCUT2D eigenvalue weighted by Crippen LogP contribution is 2.27. The van der Waals surface area contributed by atoms with Crippen molar-refractivity contribution < 1.29 is 14.1 Å². The van der Waals surface area contributed by atoms with E-state index in [2.05, 4.69) is 31.2 Å². The van der Waals surface area contributed by atoms with Gasteiger partial charge in [-0.2, -0.15) is 0 Å². The average Bonchev–Trinajstić information content (AvgIpc) is 3.12. The van der Waals surface area contributed by atoms with Crippen LogP contribution in [0.2, 0.25) is 0 Å². The molecule has 2 aromatic carbocycles. The van der Waals surface area contributed by atoms with Gasteiger partial charge in [0, 0.05) is 34.7 Å². The maximum Gasteiger partial charge on any atom is 0.270 e. The number of carbonyl (C=O) groups excluding carboxylic acids is 1. The summed E-state index contributed by atoms with van der Waals surface area (Å²) in [5.74, 6) is -0.0566. The summed E-state index contributed by atoms with van der Waals surface area (Å²) in [6, 6.07) is 12.7. The van der Waals surface area contributed by atoms with E-state index in [1.165, 1.54) is 18.2 Å². The van der Waals surface area contributed by atoms with Crippen LogP contribution in [0.4, 0.5) is 11.4 Å². The summed E-state index contributed by atoms with van der Waals surface area (Å²) < 4.78 is 6.17. The molecule has 0 aliphatic rings. The standard InChI is InChI=1S/C19H11BrN4O4/c20-15-5-4-13(24(26)27)9-14(15)18(25)22-12-3-6-17-16(8-12)23-19(28-17)11-2-1-7-21-10-11/h1-10H,(H,22,25). The van der Waals surface area contributed by atoms with Crippen molar-refractivity contribution in [3.63, 3.8) is 0 Å². The highest BCUT2D eigenvalue weighted by molar-refractivity contribution is 9.10. The molecule has 1 amide bonds. The molecule has 0 spiro atoms. The highest BCUT2D eigenvalue weighted by atomic mass is 79.9. The smallest absolute Gasteiger partial charge is 0.270 e. The molecule has 28 heavy (non-hydrogen) atoms. The predicted octanol–water partition coefficient (Wildman–Crippen LogP) is 4.81. The van der Waals surface area contributed by atoms with Gasteiger partial charge in [0.15, 0.2) is 5.58 Å². The number of aromatic nitrogens is 2. The molecule has 4 rings (SSSR count). The Morgan fingerprint density at radius 1 is 1.18 bits per heavy atom. The first-order chi connectivity index (χ1) is 13.5. The lowest BCUT2D eigenvalue weighted by molar-refractivity contribution is -0.384. The zero-order valence-corrected chi connectivity index (χ0v) is 15.7. The normalized spacial score (nSPS) is 10.8. The van der Waals surface area contributed by atoms with E-state index in [0.717, 1.165) is 5.56 Å². The number of nitrogens with zero attached hydrogens (tertiary/aromatic N) is 3. The number of benzene rings is 2. The number of nitrogens with one attached hydrogen (secondary N) is 1. The van der Waals surface area contributed by atoms with E-state index in [4.69, 9.17) is 4.42 Å². The topological polar surface area (TPSA) is 111 Å². The third-order valence-corrected chi connectivity index (χ3v) is 4.65. The highest BCUT2D eigenvalue weighted by Gasteiger charge is 2.16. The van der Waals surface area contributed by atoms with Crippen molar-refractivity contribution in [3.8, 4) is 11.5 Å². The second kappa shape index (κ2) is 7.20. The van der Waals surface area contributed by atoms with E-state index in [0.29, 0.717) is 27.2 Å². The van der Waals surface area contributed by atoms with Gasteiger partial charge in [-0.15, -0.1) is 0 Å². The molecular weight excluding hydrogens is 428 g/mol. The van der Waals surface area contributed by atoms with Gasteiger partial charge >= 0.3 is 0 Å². The maximum absolute atomic E-state index is 12.6. The van der Waals surface area contributed by atoms with Gasteiger partial charge in [0.05, 0.1) is 16.1 Å². The van der Waals surface area contributed by atoms with Gasteiger partial charge in [-0.1, -0.05) is 0 Å². The minimum atomic E-state index is -0.551. The van der Waals surface area contributed by atoms with Crippen molar-refractivity contribution in [2.75, 3.05) is 5.32 Å². The molecule has 0 atom stereocenters. The molecule has 0 fully saturated rings. The number of carbonyl (C=O) groups is 1. The molecule has 1 N–H and O–H groups in total. The molecule has 9 heteroatoms. The summed E-state index contributed by atoms with van der Waals surface area (Å²) in [4.78, 5) is 31.4. The molecule has 4 aromatic rings. The molecule has 0 aliphatic heterocycles. The summed E-state index contributed by atoms with van der Waals surface area (Å²) in [6.45, 7) is 0. The Kier molecular flexibility index (Phi) is 4.58. The van der Waals surface area contributed by atoms with Crippen LogP contribution in [0.3, 0.4) is 0 Å². The van der Waals surface area contributed by atoms with Crippen LogP contribution in [-0.2, 0) is 0 Å². The largest absolute Gasteiger partial charge is 0.436 e. The molecule has 0 saturated heterocycles. The second-order valence-electron chi connectivity index (χ2n) is 5.82. The number of oxazole rings is 1. The first-order valence-electron chi connectivity index (χ1n) is 8.07. The van der Waals surface area contributed by atoms with Gasteiger partial charge in [-0.05, 0) is 52.3 Å². The van der Waals surface area contributed by atoms with Gasteiger partial charge in [0.1, 0.15) is 5.52 Å². The van der Waals surface area contributed by atoms with E-state index < -0.39 is 10.8 Å². The Balaban J connectivity index is 1.62. The van der Waals surface area contributed by atoms with Crippen molar-refractivity contribution in [1.82, 2.24) is 9.97 Å². The van der Waals surface area contributed by atoms with Crippen molar-refractivity contribution in [1.29, 1.82) is 0 Å². The number of halogens is 1. The first-order valence-corrected chi connectivity index (χ1v) is 8.87. The van der Waals surface area contributed by atoms with Crippen molar-refractivity contribution in [3.05, 3.63) is 81.1 Å². The molecular formula is C19H11BrN4O4. The van der Waals surface area contributed by atoms with Crippen LogP contribution in [0.1, 0.15) is 10.4 Å². The molecule has 8 nitrogen and oxygen atoms in total. The van der Waals surface area contributed by atoms with Gasteiger partial charge in [-0.3, -0.25) is 19.9 Å². The number of non-ortho nitro benzene ring substituents is 1. The molecule has 2 aromatic heterocycles. The Labute approximate surface area is 166 Å². The van der Waals surface area contributed by atoms with Crippen molar-refractivity contribution >= 4 is 44.3 Å². The SMILES string of the molecule is O=C(Nc1ccc2oc(-c3cccnc3)nc2c1)c1cc([N+](=O)[O-])ccc1Br. The number of hydrogen-bond acceptors (Lipinski definition) is 6. The van der Waals surface area contributed by atoms with E-state index >= 15 is 0 Å². The Bertz CT molecular complexity index is 1210. The first kappa shape index (κ1) is 17.8. The summed E-state index contributed by atoms with van der Waals surface area (Å²) in [5.41, 5.74) is 2.35. The van der Waals surface area contributed by atoms with Crippen LogP contribution in [0, 0.1) is 10.1 Å². The van der Waals surface area contributed by atoms with Crippen LogP contribution >= 0.6 is 15.9 Å². The molecule has 0 aliphatic carbocycles. The third kappa shape index (κ3) is 3.47. The summed E-state index contributed by atoms with van der Waals surface area (Å²) in [5, 5.41) is 13.7. The lowest BCUT2D eigenvalue weighted by Crippen LogP contribution is -2.12. The lowest BCUT2D eigenvalue weighted by Gasteiger charge is -2.06. The Hall–Kier alpha value is -3.59. The minimum absolute atomic E-state index is 0.158. The average molecular weight is 439 g/mol. The van der Waals surface area contributed by atoms with E-state index in [1.807, 2.05) is 6.07 Å². The van der Waals surface area contributed by atoms with Crippen LogP contribution in [0.25, 0.3) is 22.6 Å².